The first-order valence-corrected chi connectivity index (χ1v) is 13.1. The number of sulfonamides is 1. The first kappa shape index (κ1) is 26.4. The van der Waals surface area contributed by atoms with E-state index in [1.807, 2.05) is 30.3 Å². The minimum Gasteiger partial charge on any atom is -0.354 e. The van der Waals surface area contributed by atoms with Gasteiger partial charge in [0.2, 0.25) is 5.91 Å². The molecule has 0 aliphatic rings. The van der Waals surface area contributed by atoms with E-state index in [9.17, 15) is 13.2 Å². The number of nitrogens with one attached hydrogen (secondary N) is 1. The highest BCUT2D eigenvalue weighted by atomic mass is 35.5. The van der Waals surface area contributed by atoms with Crippen molar-refractivity contribution in [1.82, 2.24) is 10.3 Å². The molecule has 0 spiro atoms. The maximum Gasteiger partial charge on any atom is 0.257 e. The van der Waals surface area contributed by atoms with E-state index in [4.69, 9.17) is 11.6 Å². The topological polar surface area (TPSA) is 79.4 Å². The molecule has 0 bridgehead atoms. The number of halogens is 1. The predicted molar refractivity (Wildman–Crippen MR) is 142 cm³/mol. The van der Waals surface area contributed by atoms with E-state index >= 15 is 0 Å². The summed E-state index contributed by atoms with van der Waals surface area (Å²) < 4.78 is 27.5. The number of nitrogens with zero attached hydrogens (tertiary/aromatic N) is 2. The summed E-state index contributed by atoms with van der Waals surface area (Å²) in [5.41, 5.74) is 2.70. The first-order valence-electron chi connectivity index (χ1n) is 11.2. The maximum absolute atomic E-state index is 13.5. The van der Waals surface area contributed by atoms with E-state index in [0.29, 0.717) is 29.2 Å². The monoisotopic (exact) mass is 511 g/mol. The minimum atomic E-state index is -4.05. The summed E-state index contributed by atoms with van der Waals surface area (Å²) in [5, 5.41) is 4.35. The van der Waals surface area contributed by atoms with Gasteiger partial charge in [0, 0.05) is 34.9 Å². The van der Waals surface area contributed by atoms with Crippen molar-refractivity contribution in [3.63, 3.8) is 0 Å². The highest BCUT2D eigenvalue weighted by molar-refractivity contribution is 7.95. The third kappa shape index (κ3) is 6.71. The SMILES string of the molecule is C=CS(=O)(=O)N(c1ccc(C(C)(C)C)cc1)C(C(=O)NCCc1cccc(Cl)c1)c1cccnc1. The number of pyridine rings is 1. The van der Waals surface area contributed by atoms with Gasteiger partial charge in [-0.1, -0.05) is 69.3 Å². The number of benzene rings is 2. The third-order valence-corrected chi connectivity index (χ3v) is 7.18. The van der Waals surface area contributed by atoms with Crippen molar-refractivity contribution in [2.24, 2.45) is 0 Å². The van der Waals surface area contributed by atoms with Gasteiger partial charge in [0.15, 0.2) is 6.04 Å². The summed E-state index contributed by atoms with van der Waals surface area (Å²) in [4.78, 5) is 17.6. The van der Waals surface area contributed by atoms with Gasteiger partial charge in [-0.25, -0.2) is 12.7 Å². The van der Waals surface area contributed by atoms with Gasteiger partial charge in [-0.05, 0) is 53.3 Å². The van der Waals surface area contributed by atoms with Crippen LogP contribution in [0, 0.1) is 0 Å². The Bertz CT molecular complexity index is 1270. The molecule has 1 amide bonds. The van der Waals surface area contributed by atoms with Crippen molar-refractivity contribution in [3.8, 4) is 0 Å². The van der Waals surface area contributed by atoms with Gasteiger partial charge in [-0.2, -0.15) is 0 Å². The van der Waals surface area contributed by atoms with Crippen LogP contribution in [0.3, 0.4) is 0 Å². The summed E-state index contributed by atoms with van der Waals surface area (Å²) in [6, 6.07) is 16.7. The van der Waals surface area contributed by atoms with Gasteiger partial charge in [0.05, 0.1) is 5.69 Å². The Hall–Kier alpha value is -3.16. The largest absolute Gasteiger partial charge is 0.354 e. The van der Waals surface area contributed by atoms with Crippen LogP contribution in [-0.2, 0) is 26.7 Å². The van der Waals surface area contributed by atoms with Crippen LogP contribution in [0.5, 0.6) is 0 Å². The molecular weight excluding hydrogens is 482 g/mol. The molecule has 3 rings (SSSR count). The number of carbonyl (C=O) groups is 1. The fourth-order valence-corrected chi connectivity index (χ4v) is 4.98. The highest BCUT2D eigenvalue weighted by Crippen LogP contribution is 2.33. The van der Waals surface area contributed by atoms with Gasteiger partial charge in [-0.15, -0.1) is 0 Å². The fraction of sp³-hybridized carbons (Fsp3) is 0.259. The van der Waals surface area contributed by atoms with E-state index in [1.54, 1.807) is 36.5 Å². The lowest BCUT2D eigenvalue weighted by Crippen LogP contribution is -2.43. The van der Waals surface area contributed by atoms with Crippen LogP contribution in [0.4, 0.5) is 5.69 Å². The number of rotatable bonds is 9. The zero-order valence-corrected chi connectivity index (χ0v) is 21.7. The molecule has 2 aromatic carbocycles. The number of anilines is 1. The van der Waals surface area contributed by atoms with Crippen LogP contribution >= 0.6 is 11.6 Å². The van der Waals surface area contributed by atoms with Crippen LogP contribution in [0.15, 0.2) is 85.0 Å². The Morgan fingerprint density at radius 3 is 2.43 bits per heavy atom. The Labute approximate surface area is 212 Å². The van der Waals surface area contributed by atoms with Crippen molar-refractivity contribution < 1.29 is 13.2 Å². The second-order valence-electron chi connectivity index (χ2n) is 9.16. The van der Waals surface area contributed by atoms with Gasteiger partial charge in [0.1, 0.15) is 0 Å². The normalized spacial score (nSPS) is 12.6. The lowest BCUT2D eigenvalue weighted by Gasteiger charge is -2.31. The van der Waals surface area contributed by atoms with Crippen LogP contribution < -0.4 is 9.62 Å². The van der Waals surface area contributed by atoms with Gasteiger partial charge >= 0.3 is 0 Å². The van der Waals surface area contributed by atoms with Crippen LogP contribution in [0.2, 0.25) is 5.02 Å². The van der Waals surface area contributed by atoms with Crippen LogP contribution in [0.1, 0.15) is 43.5 Å². The molecule has 0 aliphatic carbocycles. The minimum absolute atomic E-state index is 0.110. The zero-order chi connectivity index (χ0) is 25.6. The van der Waals surface area contributed by atoms with Crippen molar-refractivity contribution >= 4 is 33.2 Å². The lowest BCUT2D eigenvalue weighted by molar-refractivity contribution is -0.122. The molecule has 0 radical (unpaired) electrons. The van der Waals surface area contributed by atoms with E-state index in [1.165, 1.54) is 6.20 Å². The Kier molecular flexibility index (Phi) is 8.35. The number of aromatic nitrogens is 1. The molecule has 3 aromatic rings. The molecule has 1 aromatic heterocycles. The molecule has 0 saturated heterocycles. The van der Waals surface area contributed by atoms with Crippen molar-refractivity contribution in [2.45, 2.75) is 38.6 Å². The van der Waals surface area contributed by atoms with Crippen LogP contribution in [-0.4, -0.2) is 25.9 Å². The summed E-state index contributed by atoms with van der Waals surface area (Å²) in [5.74, 6) is -0.467. The maximum atomic E-state index is 13.5. The second kappa shape index (κ2) is 11.1. The molecule has 1 unspecified atom stereocenters. The summed E-state index contributed by atoms with van der Waals surface area (Å²) >= 11 is 6.05. The van der Waals surface area contributed by atoms with Gasteiger partial charge in [-0.3, -0.25) is 9.78 Å². The van der Waals surface area contributed by atoms with Gasteiger partial charge in [0.25, 0.3) is 10.0 Å². The molecule has 1 atom stereocenters. The van der Waals surface area contributed by atoms with E-state index in [-0.39, 0.29) is 5.41 Å². The Morgan fingerprint density at radius 2 is 1.86 bits per heavy atom. The lowest BCUT2D eigenvalue weighted by atomic mass is 9.87. The quantitative estimate of drug-likeness (QED) is 0.416. The Morgan fingerprint density at radius 1 is 1.14 bits per heavy atom. The number of hydrogen-bond acceptors (Lipinski definition) is 4. The molecule has 0 aliphatic heterocycles. The summed E-state index contributed by atoms with van der Waals surface area (Å²) in [7, 11) is -4.05. The molecule has 1 heterocycles. The van der Waals surface area contributed by atoms with Crippen molar-refractivity contribution in [1.29, 1.82) is 0 Å². The number of hydrogen-bond donors (Lipinski definition) is 1. The molecule has 184 valence electrons. The fourth-order valence-electron chi connectivity index (χ4n) is 3.68. The average molecular weight is 512 g/mol. The number of amides is 1. The predicted octanol–water partition coefficient (Wildman–Crippen LogP) is 5.41. The molecular formula is C27H30ClN3O3S. The standard InChI is InChI=1S/C27H30ClN3O3S/c1-5-35(33,34)31(24-13-11-22(12-14-24)27(2,3)4)25(21-9-7-16-29-19-21)26(32)30-17-15-20-8-6-10-23(28)18-20/h5-14,16,18-19,25H,1,15,17H2,2-4H3,(H,30,32). The first-order chi connectivity index (χ1) is 16.5. The molecule has 35 heavy (non-hydrogen) atoms. The van der Waals surface area contributed by atoms with E-state index < -0.39 is 22.0 Å². The van der Waals surface area contributed by atoms with Crippen LogP contribution in [0.25, 0.3) is 0 Å². The molecule has 1 N–H and O–H groups in total. The average Bonchev–Trinajstić information content (AvgIpc) is 2.82. The Balaban J connectivity index is 1.98. The van der Waals surface area contributed by atoms with Gasteiger partial charge < -0.3 is 5.32 Å². The molecule has 0 fully saturated rings. The molecule has 0 saturated carbocycles. The van der Waals surface area contributed by atoms with Crippen molar-refractivity contribution in [3.05, 3.63) is 107 Å². The summed E-state index contributed by atoms with van der Waals surface area (Å²) in [6.07, 6.45) is 3.61. The highest BCUT2D eigenvalue weighted by Gasteiger charge is 2.35. The van der Waals surface area contributed by atoms with E-state index in [2.05, 4.69) is 37.7 Å². The van der Waals surface area contributed by atoms with E-state index in [0.717, 1.165) is 20.8 Å². The third-order valence-electron chi connectivity index (χ3n) is 5.56. The number of carbonyl (C=O) groups excluding carboxylic acids is 1. The summed E-state index contributed by atoms with van der Waals surface area (Å²) in [6.45, 7) is 10.0. The second-order valence-corrected chi connectivity index (χ2v) is 11.4. The zero-order valence-electron chi connectivity index (χ0n) is 20.1. The van der Waals surface area contributed by atoms with Crippen molar-refractivity contribution in [2.75, 3.05) is 10.8 Å². The smallest absolute Gasteiger partial charge is 0.257 e. The molecule has 6 nitrogen and oxygen atoms in total. The molecule has 8 heteroatoms.